The van der Waals surface area contributed by atoms with Crippen molar-refractivity contribution in [2.45, 2.75) is 24.5 Å². The number of anilines is 1. The van der Waals surface area contributed by atoms with Crippen LogP contribution in [0.2, 0.25) is 0 Å². The van der Waals surface area contributed by atoms with Gasteiger partial charge in [0.25, 0.3) is 11.7 Å². The molecule has 0 spiro atoms. The van der Waals surface area contributed by atoms with E-state index in [1.165, 1.54) is 4.52 Å². The topological polar surface area (TPSA) is 106 Å². The van der Waals surface area contributed by atoms with Crippen LogP contribution in [0.25, 0.3) is 5.78 Å². The molecule has 0 saturated heterocycles. The molecule has 0 aliphatic carbocycles. The normalized spacial score (nSPS) is 11.5. The lowest BCUT2D eigenvalue weighted by molar-refractivity contribution is 0.101. The molecule has 0 bridgehead atoms. The van der Waals surface area contributed by atoms with Crippen molar-refractivity contribution in [3.05, 3.63) is 83.4 Å². The third kappa shape index (κ3) is 4.06. The van der Waals surface area contributed by atoms with Crippen LogP contribution < -0.4 is 5.32 Å². The van der Waals surface area contributed by atoms with Crippen molar-refractivity contribution in [3.8, 4) is 0 Å². The Labute approximate surface area is 173 Å². The Morgan fingerprint density at radius 1 is 1.00 bits per heavy atom. The zero-order valence-electron chi connectivity index (χ0n) is 16.4. The van der Waals surface area contributed by atoms with Gasteiger partial charge in [-0.15, -0.1) is 5.10 Å². The summed E-state index contributed by atoms with van der Waals surface area (Å²) < 4.78 is 26.7. The number of aryl methyl sites for hydroxylation is 2. The largest absolute Gasteiger partial charge is 0.319 e. The van der Waals surface area contributed by atoms with Gasteiger partial charge < -0.3 is 5.32 Å². The maximum absolute atomic E-state index is 12.6. The number of rotatable bonds is 5. The van der Waals surface area contributed by atoms with Crippen LogP contribution in [0.15, 0.2) is 65.6 Å². The first-order valence-electron chi connectivity index (χ1n) is 9.21. The average Bonchev–Trinajstić information content (AvgIpc) is 3.13. The fourth-order valence-electron chi connectivity index (χ4n) is 3.12. The highest BCUT2D eigenvalue weighted by molar-refractivity contribution is 7.90. The van der Waals surface area contributed by atoms with Gasteiger partial charge in [-0.2, -0.15) is 4.98 Å². The molecule has 0 fully saturated rings. The fourth-order valence-corrected chi connectivity index (χ4v) is 4.48. The van der Waals surface area contributed by atoms with Gasteiger partial charge in [-0.25, -0.2) is 17.9 Å². The molecule has 4 rings (SSSR count). The molecular weight excluding hydrogens is 402 g/mol. The maximum atomic E-state index is 12.6. The number of sulfone groups is 1. The van der Waals surface area contributed by atoms with Gasteiger partial charge in [0.2, 0.25) is 5.82 Å². The SMILES string of the molecule is Cc1cc(C)n2nc(C(=O)Nc3cccc(CS(=O)(=O)c4ccccc4)c3)nc2n1. The van der Waals surface area contributed by atoms with E-state index in [0.29, 0.717) is 17.0 Å². The van der Waals surface area contributed by atoms with Crippen LogP contribution in [0.4, 0.5) is 5.69 Å². The molecule has 0 aliphatic heterocycles. The summed E-state index contributed by atoms with van der Waals surface area (Å²) in [7, 11) is -3.49. The molecule has 1 amide bonds. The fraction of sp³-hybridized carbons (Fsp3) is 0.143. The Hall–Kier alpha value is -3.59. The molecule has 0 unspecified atom stereocenters. The second-order valence-corrected chi connectivity index (χ2v) is 8.90. The molecule has 2 aromatic heterocycles. The number of benzene rings is 2. The number of amides is 1. The average molecular weight is 421 g/mol. The summed E-state index contributed by atoms with van der Waals surface area (Å²) in [4.78, 5) is 21.3. The zero-order valence-corrected chi connectivity index (χ0v) is 17.2. The molecule has 0 atom stereocenters. The zero-order chi connectivity index (χ0) is 21.3. The summed E-state index contributed by atoms with van der Waals surface area (Å²) in [5.41, 5.74) is 2.62. The summed E-state index contributed by atoms with van der Waals surface area (Å²) in [6.07, 6.45) is 0. The highest BCUT2D eigenvalue weighted by Gasteiger charge is 2.17. The van der Waals surface area contributed by atoms with Gasteiger partial charge in [0.05, 0.1) is 10.6 Å². The van der Waals surface area contributed by atoms with Crippen LogP contribution in [0.1, 0.15) is 27.6 Å². The minimum Gasteiger partial charge on any atom is -0.319 e. The number of carbonyl (C=O) groups is 1. The van der Waals surface area contributed by atoms with E-state index in [1.807, 2.05) is 19.9 Å². The molecule has 0 aliphatic rings. The summed E-state index contributed by atoms with van der Waals surface area (Å²) in [6.45, 7) is 3.70. The second kappa shape index (κ2) is 7.68. The Bertz CT molecular complexity index is 1350. The van der Waals surface area contributed by atoms with E-state index in [-0.39, 0.29) is 16.5 Å². The molecule has 0 saturated carbocycles. The number of hydrogen-bond donors (Lipinski definition) is 1. The van der Waals surface area contributed by atoms with E-state index in [1.54, 1.807) is 54.6 Å². The molecule has 4 aromatic rings. The van der Waals surface area contributed by atoms with Crippen LogP contribution in [-0.2, 0) is 15.6 Å². The number of carbonyl (C=O) groups excluding carboxylic acids is 1. The van der Waals surface area contributed by atoms with Gasteiger partial charge in [-0.3, -0.25) is 4.79 Å². The number of fused-ring (bicyclic) bond motifs is 1. The monoisotopic (exact) mass is 421 g/mol. The van der Waals surface area contributed by atoms with Crippen molar-refractivity contribution in [2.24, 2.45) is 0 Å². The van der Waals surface area contributed by atoms with E-state index in [0.717, 1.165) is 11.4 Å². The van der Waals surface area contributed by atoms with Gasteiger partial charge in [0.15, 0.2) is 9.84 Å². The maximum Gasteiger partial charge on any atom is 0.295 e. The summed E-state index contributed by atoms with van der Waals surface area (Å²) in [6, 6.07) is 16.8. The number of aromatic nitrogens is 4. The number of nitrogens with one attached hydrogen (secondary N) is 1. The van der Waals surface area contributed by atoms with E-state index in [2.05, 4.69) is 20.4 Å². The highest BCUT2D eigenvalue weighted by atomic mass is 32.2. The quantitative estimate of drug-likeness (QED) is 0.531. The number of hydrogen-bond acceptors (Lipinski definition) is 6. The van der Waals surface area contributed by atoms with E-state index >= 15 is 0 Å². The van der Waals surface area contributed by atoms with Crippen LogP contribution in [-0.4, -0.2) is 33.9 Å². The van der Waals surface area contributed by atoms with E-state index < -0.39 is 15.7 Å². The van der Waals surface area contributed by atoms with Gasteiger partial charge >= 0.3 is 0 Å². The molecule has 2 heterocycles. The van der Waals surface area contributed by atoms with Crippen molar-refractivity contribution < 1.29 is 13.2 Å². The van der Waals surface area contributed by atoms with Gasteiger partial charge in [0.1, 0.15) is 0 Å². The summed E-state index contributed by atoms with van der Waals surface area (Å²) >= 11 is 0. The smallest absolute Gasteiger partial charge is 0.295 e. The van der Waals surface area contributed by atoms with Crippen LogP contribution in [0.5, 0.6) is 0 Å². The lowest BCUT2D eigenvalue weighted by atomic mass is 10.2. The van der Waals surface area contributed by atoms with Gasteiger partial charge in [-0.1, -0.05) is 30.3 Å². The lowest BCUT2D eigenvalue weighted by Gasteiger charge is -2.07. The molecule has 1 N–H and O–H groups in total. The molecule has 0 radical (unpaired) electrons. The minimum atomic E-state index is -3.49. The Balaban J connectivity index is 1.55. The third-order valence-corrected chi connectivity index (χ3v) is 6.17. The van der Waals surface area contributed by atoms with Crippen molar-refractivity contribution in [3.63, 3.8) is 0 Å². The van der Waals surface area contributed by atoms with Crippen molar-refractivity contribution in [2.75, 3.05) is 5.32 Å². The Morgan fingerprint density at radius 2 is 1.77 bits per heavy atom. The van der Waals surface area contributed by atoms with Crippen molar-refractivity contribution >= 4 is 27.2 Å². The molecule has 152 valence electrons. The lowest BCUT2D eigenvalue weighted by Crippen LogP contribution is -2.14. The van der Waals surface area contributed by atoms with Gasteiger partial charge in [0, 0.05) is 17.1 Å². The molecule has 30 heavy (non-hydrogen) atoms. The van der Waals surface area contributed by atoms with Crippen LogP contribution in [0, 0.1) is 13.8 Å². The third-order valence-electron chi connectivity index (χ3n) is 4.47. The second-order valence-electron chi connectivity index (χ2n) is 6.91. The molecular formula is C21H19N5O3S. The van der Waals surface area contributed by atoms with Gasteiger partial charge in [-0.05, 0) is 49.7 Å². The van der Waals surface area contributed by atoms with E-state index in [4.69, 9.17) is 0 Å². The Morgan fingerprint density at radius 3 is 2.53 bits per heavy atom. The van der Waals surface area contributed by atoms with Crippen molar-refractivity contribution in [1.82, 2.24) is 19.6 Å². The highest BCUT2D eigenvalue weighted by Crippen LogP contribution is 2.19. The predicted octanol–water partition coefficient (Wildman–Crippen LogP) is 2.97. The molecule has 8 nitrogen and oxygen atoms in total. The molecule has 9 heteroatoms. The summed E-state index contributed by atoms with van der Waals surface area (Å²) in [5.74, 6) is -0.338. The van der Waals surface area contributed by atoms with Crippen molar-refractivity contribution in [1.29, 1.82) is 0 Å². The first-order valence-corrected chi connectivity index (χ1v) is 10.9. The summed E-state index contributed by atoms with van der Waals surface area (Å²) in [5, 5.41) is 6.93. The van der Waals surface area contributed by atoms with E-state index in [9.17, 15) is 13.2 Å². The standard InChI is InChI=1S/C21H19N5O3S/c1-14-11-15(2)26-21(22-14)24-19(25-26)20(27)23-17-8-6-7-16(12-17)13-30(28,29)18-9-4-3-5-10-18/h3-12H,13H2,1-2H3,(H,23,27). The molecule has 2 aromatic carbocycles. The van der Waals surface area contributed by atoms with Crippen LogP contribution >= 0.6 is 0 Å². The first kappa shape index (κ1) is 19.7. The first-order chi connectivity index (χ1) is 14.3. The minimum absolute atomic E-state index is 0.0153. The predicted molar refractivity (Wildman–Crippen MR) is 112 cm³/mol. The van der Waals surface area contributed by atoms with Crippen LogP contribution in [0.3, 0.4) is 0 Å². The Kier molecular flexibility index (Phi) is 5.04. The number of nitrogens with zero attached hydrogens (tertiary/aromatic N) is 4.